The predicted octanol–water partition coefficient (Wildman–Crippen LogP) is 3.43. The van der Waals surface area contributed by atoms with E-state index in [0.717, 1.165) is 12.8 Å². The summed E-state index contributed by atoms with van der Waals surface area (Å²) in [5.74, 6) is -0.153. The molecule has 0 unspecified atom stereocenters. The van der Waals surface area contributed by atoms with Crippen molar-refractivity contribution in [2.75, 3.05) is 6.61 Å². The van der Waals surface area contributed by atoms with Crippen LogP contribution in [0.15, 0.2) is 24.3 Å². The van der Waals surface area contributed by atoms with E-state index in [0.29, 0.717) is 12.4 Å². The highest BCUT2D eigenvalue weighted by molar-refractivity contribution is 5.89. The lowest BCUT2D eigenvalue weighted by molar-refractivity contribution is -0.452. The molecule has 0 amide bonds. The third kappa shape index (κ3) is 6.94. The Morgan fingerprint density at radius 3 is 2.36 bits per heavy atom. The van der Waals surface area contributed by atoms with Crippen molar-refractivity contribution in [2.45, 2.75) is 39.7 Å². The number of carbonyl (C=O) groups is 2. The van der Waals surface area contributed by atoms with E-state index < -0.39 is 12.1 Å². The van der Waals surface area contributed by atoms with Crippen LogP contribution in [0.2, 0.25) is 0 Å². The Labute approximate surface area is 128 Å². The van der Waals surface area contributed by atoms with Crippen molar-refractivity contribution in [3.8, 4) is 5.75 Å². The minimum atomic E-state index is -1.09. The molecule has 0 heterocycles. The van der Waals surface area contributed by atoms with Gasteiger partial charge in [0.15, 0.2) is 0 Å². The Balaban J connectivity index is 2.34. The highest BCUT2D eigenvalue weighted by Crippen LogP contribution is 2.13. The molecule has 0 N–H and O–H groups in total. The summed E-state index contributed by atoms with van der Waals surface area (Å²) in [6, 6.07) is 6.30. The first-order chi connectivity index (χ1) is 10.5. The summed E-state index contributed by atoms with van der Waals surface area (Å²) in [6.07, 6.45) is 0.539. The van der Waals surface area contributed by atoms with E-state index in [2.05, 4.69) is 26.5 Å². The second-order valence-electron chi connectivity index (χ2n) is 4.67. The first-order valence-corrected chi connectivity index (χ1v) is 7.02. The fourth-order valence-electron chi connectivity index (χ4n) is 1.36. The topological polar surface area (TPSA) is 80.3 Å². The summed E-state index contributed by atoms with van der Waals surface area (Å²) in [5, 5.41) is 4.07. The van der Waals surface area contributed by atoms with Gasteiger partial charge in [-0.1, -0.05) is 13.3 Å². The van der Waals surface area contributed by atoms with E-state index >= 15 is 0 Å². The maximum Gasteiger partial charge on any atom is 0.543 e. The summed E-state index contributed by atoms with van der Waals surface area (Å²) in [5.41, 5.74) is 0.226. The molecule has 0 bridgehead atoms. The lowest BCUT2D eigenvalue weighted by Gasteiger charge is -2.07. The van der Waals surface area contributed by atoms with E-state index in [1.54, 1.807) is 26.0 Å². The van der Waals surface area contributed by atoms with Crippen molar-refractivity contribution in [2.24, 2.45) is 0 Å². The monoisotopic (exact) mass is 312 g/mol. The number of carbonyl (C=O) groups excluding carboxylic acids is 2. The van der Waals surface area contributed by atoms with Crippen LogP contribution >= 0.6 is 0 Å². The van der Waals surface area contributed by atoms with Gasteiger partial charge in [-0.05, 0) is 44.5 Å². The van der Waals surface area contributed by atoms with Gasteiger partial charge in [0.05, 0.1) is 23.3 Å². The van der Waals surface area contributed by atoms with E-state index in [-0.39, 0.29) is 11.7 Å². The van der Waals surface area contributed by atoms with E-state index in [4.69, 9.17) is 4.74 Å². The summed E-state index contributed by atoms with van der Waals surface area (Å²) in [7, 11) is 0. The van der Waals surface area contributed by atoms with Crippen LogP contribution in [0, 0.1) is 0 Å². The average Bonchev–Trinajstić information content (AvgIpc) is 2.47. The smallest absolute Gasteiger partial charge is 0.494 e. The summed E-state index contributed by atoms with van der Waals surface area (Å²) >= 11 is 0. The molecule has 7 heteroatoms. The third-order valence-electron chi connectivity index (χ3n) is 2.40. The van der Waals surface area contributed by atoms with Gasteiger partial charge in [-0.25, -0.2) is 14.5 Å². The van der Waals surface area contributed by atoms with E-state index in [1.165, 1.54) is 12.1 Å². The third-order valence-corrected chi connectivity index (χ3v) is 2.40. The van der Waals surface area contributed by atoms with Gasteiger partial charge in [0, 0.05) is 0 Å². The van der Waals surface area contributed by atoms with Gasteiger partial charge in [0.25, 0.3) is 0 Å². The molecule has 1 aromatic carbocycles. The van der Waals surface area contributed by atoms with Gasteiger partial charge in [0.2, 0.25) is 0 Å². The second-order valence-corrected chi connectivity index (χ2v) is 4.67. The molecule has 1 aromatic rings. The molecule has 22 heavy (non-hydrogen) atoms. The molecule has 7 nitrogen and oxygen atoms in total. The Kier molecular flexibility index (Phi) is 7.77. The maximum atomic E-state index is 11.6. The Hall–Kier alpha value is -2.28. The molecule has 1 rings (SSSR count). The largest absolute Gasteiger partial charge is 0.543 e. The van der Waals surface area contributed by atoms with Crippen molar-refractivity contribution in [1.29, 1.82) is 0 Å². The highest BCUT2D eigenvalue weighted by Gasteiger charge is 2.13. The van der Waals surface area contributed by atoms with Crippen LogP contribution in [-0.2, 0) is 19.6 Å². The predicted molar refractivity (Wildman–Crippen MR) is 76.0 cm³/mol. The number of rotatable bonds is 8. The van der Waals surface area contributed by atoms with Crippen molar-refractivity contribution < 1.29 is 33.9 Å². The first kappa shape index (κ1) is 17.8. The standard InChI is InChI=1S/C15H20O7/c1-4-5-10-18-13-8-6-12(7-9-13)14(16)20-22-21-15(17)19-11(2)3/h6-9,11H,4-5,10H2,1-3H3. The molecule has 0 saturated carbocycles. The van der Waals surface area contributed by atoms with Crippen molar-refractivity contribution in [1.82, 2.24) is 0 Å². The summed E-state index contributed by atoms with van der Waals surface area (Å²) < 4.78 is 10.1. The van der Waals surface area contributed by atoms with Crippen LogP contribution in [0.4, 0.5) is 4.79 Å². The minimum Gasteiger partial charge on any atom is -0.494 e. The van der Waals surface area contributed by atoms with Gasteiger partial charge in [-0.2, -0.15) is 0 Å². The van der Waals surface area contributed by atoms with Gasteiger partial charge in [-0.15, -0.1) is 0 Å². The molecule has 0 aromatic heterocycles. The summed E-state index contributed by atoms with van der Waals surface area (Å²) in [4.78, 5) is 31.0. The van der Waals surface area contributed by atoms with Gasteiger partial charge in [0.1, 0.15) is 5.75 Å². The van der Waals surface area contributed by atoms with E-state index in [9.17, 15) is 9.59 Å². The SMILES string of the molecule is CCCCOc1ccc(C(=O)OOOC(=O)OC(C)C)cc1. The maximum absolute atomic E-state index is 11.6. The number of unbranched alkanes of at least 4 members (excludes halogenated alkanes) is 1. The van der Waals surface area contributed by atoms with Crippen LogP contribution in [0.25, 0.3) is 0 Å². The molecule has 0 radical (unpaired) electrons. The van der Waals surface area contributed by atoms with Crippen LogP contribution in [-0.4, -0.2) is 24.8 Å². The van der Waals surface area contributed by atoms with Crippen LogP contribution in [0.1, 0.15) is 44.0 Å². The minimum absolute atomic E-state index is 0.226. The molecule has 0 fully saturated rings. The molecule has 0 atom stereocenters. The molecule has 0 spiro atoms. The van der Waals surface area contributed by atoms with Gasteiger partial charge >= 0.3 is 12.1 Å². The Morgan fingerprint density at radius 1 is 1.09 bits per heavy atom. The normalized spacial score (nSPS) is 10.2. The Bertz CT molecular complexity index is 467. The average molecular weight is 312 g/mol. The van der Waals surface area contributed by atoms with Crippen molar-refractivity contribution >= 4 is 12.1 Å². The molecule has 0 aliphatic rings. The van der Waals surface area contributed by atoms with Gasteiger partial charge < -0.3 is 9.47 Å². The highest BCUT2D eigenvalue weighted by atomic mass is 17.5. The lowest BCUT2D eigenvalue weighted by atomic mass is 10.2. The molecule has 122 valence electrons. The zero-order valence-corrected chi connectivity index (χ0v) is 12.9. The molecular weight excluding hydrogens is 292 g/mol. The molecular formula is C15H20O7. The Morgan fingerprint density at radius 2 is 1.77 bits per heavy atom. The molecule has 0 aliphatic heterocycles. The first-order valence-electron chi connectivity index (χ1n) is 7.02. The van der Waals surface area contributed by atoms with Crippen LogP contribution < -0.4 is 4.74 Å². The lowest BCUT2D eigenvalue weighted by Crippen LogP contribution is -2.15. The fourth-order valence-corrected chi connectivity index (χ4v) is 1.36. The van der Waals surface area contributed by atoms with Crippen LogP contribution in [0.5, 0.6) is 5.75 Å². The molecule has 0 saturated heterocycles. The van der Waals surface area contributed by atoms with E-state index in [1.807, 2.05) is 0 Å². The zero-order valence-electron chi connectivity index (χ0n) is 12.9. The summed E-state index contributed by atoms with van der Waals surface area (Å²) in [6.45, 7) is 5.96. The number of hydrogen-bond donors (Lipinski definition) is 0. The quantitative estimate of drug-likeness (QED) is 0.315. The van der Waals surface area contributed by atoms with Gasteiger partial charge in [-0.3, -0.25) is 4.89 Å². The van der Waals surface area contributed by atoms with Crippen molar-refractivity contribution in [3.63, 3.8) is 0 Å². The fraction of sp³-hybridized carbons (Fsp3) is 0.467. The number of hydrogen-bond acceptors (Lipinski definition) is 7. The second kappa shape index (κ2) is 9.62. The molecule has 0 aliphatic carbocycles. The number of benzene rings is 1. The van der Waals surface area contributed by atoms with Crippen LogP contribution in [0.3, 0.4) is 0 Å². The zero-order chi connectivity index (χ0) is 16.4. The number of ether oxygens (including phenoxy) is 2. The van der Waals surface area contributed by atoms with Crippen molar-refractivity contribution in [3.05, 3.63) is 29.8 Å².